The maximum atomic E-state index is 8.83. The molecule has 0 fully saturated rings. The highest BCUT2D eigenvalue weighted by Gasteiger charge is 2.10. The molecule has 16 heavy (non-hydrogen) atoms. The summed E-state index contributed by atoms with van der Waals surface area (Å²) in [6.45, 7) is 3.93. The average Bonchev–Trinajstić information content (AvgIpc) is 2.28. The van der Waals surface area contributed by atoms with Gasteiger partial charge < -0.3 is 4.90 Å². The van der Waals surface area contributed by atoms with E-state index in [9.17, 15) is 0 Å². The monoisotopic (exact) mass is 213 g/mol. The summed E-state index contributed by atoms with van der Waals surface area (Å²) in [5.41, 5.74) is 2.71. The second-order valence-electron chi connectivity index (χ2n) is 3.93. The first-order valence-corrected chi connectivity index (χ1v) is 5.20. The molecule has 1 atom stereocenters. The van der Waals surface area contributed by atoms with Crippen molar-refractivity contribution in [1.29, 1.82) is 10.5 Å². The number of hydrogen-bond donors (Lipinski definition) is 0. The number of hydrogen-bond acceptors (Lipinski definition) is 3. The Balaban J connectivity index is 2.94. The minimum atomic E-state index is 0.178. The molecule has 0 aliphatic rings. The van der Waals surface area contributed by atoms with Gasteiger partial charge in [-0.3, -0.25) is 0 Å². The molecule has 0 saturated heterocycles. The highest BCUT2D eigenvalue weighted by atomic mass is 15.1. The summed E-state index contributed by atoms with van der Waals surface area (Å²) in [7, 11) is 1.96. The number of nitrogens with zero attached hydrogens (tertiary/aromatic N) is 3. The number of benzene rings is 1. The Hall–Kier alpha value is -2.00. The van der Waals surface area contributed by atoms with Crippen LogP contribution in [0.5, 0.6) is 0 Å². The van der Waals surface area contributed by atoms with Crippen LogP contribution in [0.3, 0.4) is 0 Å². The third kappa shape index (κ3) is 2.52. The largest absolute Gasteiger partial charge is 0.371 e. The average molecular weight is 213 g/mol. The van der Waals surface area contributed by atoms with Gasteiger partial charge in [-0.2, -0.15) is 10.5 Å². The van der Waals surface area contributed by atoms with Gasteiger partial charge in [0, 0.05) is 18.8 Å². The van der Waals surface area contributed by atoms with Crippen molar-refractivity contribution in [1.82, 2.24) is 0 Å². The van der Waals surface area contributed by atoms with Crippen molar-refractivity contribution >= 4 is 5.69 Å². The number of anilines is 1. The molecule has 0 aliphatic carbocycles. The van der Waals surface area contributed by atoms with E-state index >= 15 is 0 Å². The van der Waals surface area contributed by atoms with E-state index in [0.29, 0.717) is 12.0 Å². The van der Waals surface area contributed by atoms with Crippen LogP contribution in [-0.4, -0.2) is 13.1 Å². The van der Waals surface area contributed by atoms with Gasteiger partial charge in [-0.15, -0.1) is 0 Å². The molecule has 0 aliphatic heterocycles. The normalized spacial score (nSPS) is 11.3. The molecular weight excluding hydrogens is 198 g/mol. The summed E-state index contributed by atoms with van der Waals surface area (Å²) in [4.78, 5) is 2.05. The summed E-state index contributed by atoms with van der Waals surface area (Å²) in [5, 5.41) is 17.5. The van der Waals surface area contributed by atoms with E-state index in [4.69, 9.17) is 10.5 Å². The lowest BCUT2D eigenvalue weighted by molar-refractivity contribution is 0.702. The van der Waals surface area contributed by atoms with Crippen LogP contribution >= 0.6 is 0 Å². The topological polar surface area (TPSA) is 50.8 Å². The molecule has 3 nitrogen and oxygen atoms in total. The zero-order valence-electron chi connectivity index (χ0n) is 9.86. The Morgan fingerprint density at radius 1 is 1.38 bits per heavy atom. The van der Waals surface area contributed by atoms with Crippen molar-refractivity contribution in [2.45, 2.75) is 26.3 Å². The SMILES string of the molecule is Cc1cc(N(C)C(C)CC#N)ccc1C#N. The quantitative estimate of drug-likeness (QED) is 0.775. The highest BCUT2D eigenvalue weighted by molar-refractivity contribution is 5.53. The molecule has 0 amide bonds. The van der Waals surface area contributed by atoms with Crippen LogP contribution in [0.2, 0.25) is 0 Å². The van der Waals surface area contributed by atoms with Crippen LogP contribution in [0, 0.1) is 29.6 Å². The Bertz CT molecular complexity index is 451. The van der Waals surface area contributed by atoms with Crippen molar-refractivity contribution in [3.63, 3.8) is 0 Å². The van der Waals surface area contributed by atoms with Crippen LogP contribution < -0.4 is 4.90 Å². The third-order valence-corrected chi connectivity index (χ3v) is 2.79. The van der Waals surface area contributed by atoms with Crippen molar-refractivity contribution in [2.24, 2.45) is 0 Å². The molecule has 0 bridgehead atoms. The molecule has 0 spiro atoms. The Labute approximate surface area is 96.5 Å². The lowest BCUT2D eigenvalue weighted by Gasteiger charge is -2.25. The molecule has 0 aromatic heterocycles. The van der Waals surface area contributed by atoms with Crippen molar-refractivity contribution < 1.29 is 0 Å². The van der Waals surface area contributed by atoms with Gasteiger partial charge >= 0.3 is 0 Å². The number of aryl methyl sites for hydroxylation is 1. The van der Waals surface area contributed by atoms with Gasteiger partial charge in [0.25, 0.3) is 0 Å². The molecule has 3 heteroatoms. The fourth-order valence-electron chi connectivity index (χ4n) is 1.52. The molecule has 1 aromatic carbocycles. The predicted molar refractivity (Wildman–Crippen MR) is 64.0 cm³/mol. The summed E-state index contributed by atoms with van der Waals surface area (Å²) in [6.07, 6.45) is 0.496. The van der Waals surface area contributed by atoms with Gasteiger partial charge in [0.05, 0.1) is 24.1 Å². The van der Waals surface area contributed by atoms with Crippen molar-refractivity contribution in [3.8, 4) is 12.1 Å². The lowest BCUT2D eigenvalue weighted by Crippen LogP contribution is -2.28. The van der Waals surface area contributed by atoms with E-state index in [-0.39, 0.29) is 6.04 Å². The molecule has 1 rings (SSSR count). The molecule has 0 heterocycles. The van der Waals surface area contributed by atoms with Crippen LogP contribution in [0.15, 0.2) is 18.2 Å². The minimum absolute atomic E-state index is 0.178. The first-order valence-electron chi connectivity index (χ1n) is 5.20. The molecule has 1 unspecified atom stereocenters. The first kappa shape index (κ1) is 12.1. The highest BCUT2D eigenvalue weighted by Crippen LogP contribution is 2.20. The van der Waals surface area contributed by atoms with Crippen molar-refractivity contribution in [2.75, 3.05) is 11.9 Å². The standard InChI is InChI=1S/C13H15N3/c1-10-8-13(5-4-12(10)9-15)16(3)11(2)6-7-14/h4-5,8,11H,6H2,1-3H3. The lowest BCUT2D eigenvalue weighted by atomic mass is 10.1. The van der Waals surface area contributed by atoms with Crippen molar-refractivity contribution in [3.05, 3.63) is 29.3 Å². The van der Waals surface area contributed by atoms with E-state index in [1.807, 2.05) is 39.1 Å². The molecule has 0 N–H and O–H groups in total. The van der Waals surface area contributed by atoms with Gasteiger partial charge in [0.1, 0.15) is 0 Å². The molecular formula is C13H15N3. The molecule has 0 saturated carbocycles. The summed E-state index contributed by atoms with van der Waals surface area (Å²) < 4.78 is 0. The van der Waals surface area contributed by atoms with Crippen LogP contribution in [-0.2, 0) is 0 Å². The minimum Gasteiger partial charge on any atom is -0.371 e. The van der Waals surface area contributed by atoms with Gasteiger partial charge in [-0.05, 0) is 37.6 Å². The summed E-state index contributed by atoms with van der Waals surface area (Å²) in [6, 6.07) is 10.2. The van der Waals surface area contributed by atoms with E-state index in [2.05, 4.69) is 17.0 Å². The number of rotatable bonds is 3. The van der Waals surface area contributed by atoms with E-state index in [0.717, 1.165) is 11.3 Å². The number of nitriles is 2. The summed E-state index contributed by atoms with van der Waals surface area (Å²) in [5.74, 6) is 0. The van der Waals surface area contributed by atoms with Gasteiger partial charge in [0.15, 0.2) is 0 Å². The first-order chi connectivity index (χ1) is 7.60. The Kier molecular flexibility index (Phi) is 3.91. The van der Waals surface area contributed by atoms with Crippen LogP contribution in [0.25, 0.3) is 0 Å². The Morgan fingerprint density at radius 3 is 2.56 bits per heavy atom. The molecule has 1 aromatic rings. The Morgan fingerprint density at radius 2 is 2.06 bits per heavy atom. The van der Waals surface area contributed by atoms with Gasteiger partial charge in [-0.25, -0.2) is 0 Å². The maximum absolute atomic E-state index is 8.83. The zero-order valence-corrected chi connectivity index (χ0v) is 9.86. The zero-order chi connectivity index (χ0) is 12.1. The van der Waals surface area contributed by atoms with Gasteiger partial charge in [-0.1, -0.05) is 0 Å². The molecule has 82 valence electrons. The third-order valence-electron chi connectivity index (χ3n) is 2.79. The van der Waals surface area contributed by atoms with Crippen LogP contribution in [0.1, 0.15) is 24.5 Å². The fraction of sp³-hybridized carbons (Fsp3) is 0.385. The fourth-order valence-corrected chi connectivity index (χ4v) is 1.52. The van der Waals surface area contributed by atoms with Crippen LogP contribution in [0.4, 0.5) is 5.69 Å². The van der Waals surface area contributed by atoms with Gasteiger partial charge in [0.2, 0.25) is 0 Å². The summed E-state index contributed by atoms with van der Waals surface area (Å²) >= 11 is 0. The molecule has 0 radical (unpaired) electrons. The smallest absolute Gasteiger partial charge is 0.0994 e. The second kappa shape index (κ2) is 5.19. The predicted octanol–water partition coefficient (Wildman–Crippen LogP) is 2.61. The second-order valence-corrected chi connectivity index (χ2v) is 3.93. The maximum Gasteiger partial charge on any atom is 0.0994 e. The van der Waals surface area contributed by atoms with E-state index < -0.39 is 0 Å². The van der Waals surface area contributed by atoms with E-state index in [1.54, 1.807) is 0 Å². The van der Waals surface area contributed by atoms with E-state index in [1.165, 1.54) is 0 Å².